The summed E-state index contributed by atoms with van der Waals surface area (Å²) in [5.41, 5.74) is -0.394. The van der Waals surface area contributed by atoms with E-state index >= 15 is 0 Å². The molecule has 3 heterocycles. The van der Waals surface area contributed by atoms with Crippen LogP contribution in [0.4, 0.5) is 11.9 Å². The SMILES string of the molecule is CC[C@H](C)NC(=O)c1cnc(N2CCN(c3ncccn3)CC2)[nH]c1=O. The standard InChI is InChI=1S/C17H23N7O2/c1-3-12(2)21-14(25)13-11-20-17(22-15(13)26)24-9-7-23(8-10-24)16-18-5-4-6-19-16/h4-6,11-12H,3,7-10H2,1-2H3,(H,21,25)(H,20,22,26)/t12-/m0/s1. The van der Waals surface area contributed by atoms with Gasteiger partial charge in [0.15, 0.2) is 0 Å². The van der Waals surface area contributed by atoms with Gasteiger partial charge in [0.05, 0.1) is 0 Å². The Morgan fingerprint density at radius 3 is 2.46 bits per heavy atom. The number of hydrogen-bond acceptors (Lipinski definition) is 7. The van der Waals surface area contributed by atoms with Crippen molar-refractivity contribution in [1.82, 2.24) is 25.3 Å². The fourth-order valence-corrected chi connectivity index (χ4v) is 2.68. The fraction of sp³-hybridized carbons (Fsp3) is 0.471. The number of aromatic nitrogens is 4. The summed E-state index contributed by atoms with van der Waals surface area (Å²) in [6, 6.07) is 1.79. The highest BCUT2D eigenvalue weighted by Gasteiger charge is 2.21. The third kappa shape index (κ3) is 3.98. The van der Waals surface area contributed by atoms with Crippen LogP contribution in [-0.4, -0.2) is 58.1 Å². The van der Waals surface area contributed by atoms with E-state index in [1.54, 1.807) is 18.5 Å². The molecule has 0 aliphatic carbocycles. The predicted molar refractivity (Wildman–Crippen MR) is 98.5 cm³/mol. The summed E-state index contributed by atoms with van der Waals surface area (Å²) in [6.45, 7) is 6.67. The molecule has 1 amide bonds. The minimum absolute atomic E-state index is 0.00913. The number of rotatable bonds is 5. The number of carbonyl (C=O) groups excluding carboxylic acids is 1. The Labute approximate surface area is 151 Å². The second-order valence-electron chi connectivity index (χ2n) is 6.26. The number of piperazine rings is 1. The lowest BCUT2D eigenvalue weighted by Crippen LogP contribution is -2.48. The Hall–Kier alpha value is -2.97. The number of carbonyl (C=O) groups is 1. The highest BCUT2D eigenvalue weighted by molar-refractivity contribution is 5.93. The van der Waals surface area contributed by atoms with Crippen molar-refractivity contribution >= 4 is 17.8 Å². The lowest BCUT2D eigenvalue weighted by atomic mass is 10.2. The summed E-state index contributed by atoms with van der Waals surface area (Å²) >= 11 is 0. The van der Waals surface area contributed by atoms with Gasteiger partial charge in [0, 0.05) is 50.8 Å². The first kappa shape index (κ1) is 17.8. The van der Waals surface area contributed by atoms with Crippen molar-refractivity contribution in [2.45, 2.75) is 26.3 Å². The number of H-pyrrole nitrogens is 1. The zero-order valence-electron chi connectivity index (χ0n) is 15.0. The molecule has 0 spiro atoms. The van der Waals surface area contributed by atoms with E-state index in [0.717, 1.165) is 19.5 Å². The molecule has 0 unspecified atom stereocenters. The fourth-order valence-electron chi connectivity index (χ4n) is 2.68. The van der Waals surface area contributed by atoms with Gasteiger partial charge in [0.2, 0.25) is 11.9 Å². The van der Waals surface area contributed by atoms with Gasteiger partial charge in [-0.2, -0.15) is 0 Å². The van der Waals surface area contributed by atoms with Crippen LogP contribution in [0.2, 0.25) is 0 Å². The number of hydrogen-bond donors (Lipinski definition) is 2. The average Bonchev–Trinajstić information content (AvgIpc) is 2.68. The third-order valence-electron chi connectivity index (χ3n) is 4.43. The second-order valence-corrected chi connectivity index (χ2v) is 6.26. The minimum atomic E-state index is -0.426. The van der Waals surface area contributed by atoms with Gasteiger partial charge in [0.25, 0.3) is 11.5 Å². The van der Waals surface area contributed by atoms with Crippen molar-refractivity contribution < 1.29 is 4.79 Å². The molecule has 1 aliphatic heterocycles. The van der Waals surface area contributed by atoms with Gasteiger partial charge in [-0.15, -0.1) is 0 Å². The van der Waals surface area contributed by atoms with Gasteiger partial charge in [-0.05, 0) is 19.4 Å². The first-order valence-electron chi connectivity index (χ1n) is 8.75. The predicted octanol–water partition coefficient (Wildman–Crippen LogP) is 0.415. The largest absolute Gasteiger partial charge is 0.349 e. The van der Waals surface area contributed by atoms with Crippen LogP contribution in [-0.2, 0) is 0 Å². The van der Waals surface area contributed by atoms with Crippen LogP contribution in [0.1, 0.15) is 30.6 Å². The Bertz CT molecular complexity index is 800. The van der Waals surface area contributed by atoms with Gasteiger partial charge >= 0.3 is 0 Å². The van der Waals surface area contributed by atoms with Crippen molar-refractivity contribution in [2.75, 3.05) is 36.0 Å². The zero-order chi connectivity index (χ0) is 18.5. The van der Waals surface area contributed by atoms with Crippen LogP contribution >= 0.6 is 0 Å². The molecule has 2 N–H and O–H groups in total. The van der Waals surface area contributed by atoms with E-state index in [1.807, 2.05) is 18.7 Å². The molecule has 9 heteroatoms. The second kappa shape index (κ2) is 7.94. The van der Waals surface area contributed by atoms with Crippen molar-refractivity contribution in [2.24, 2.45) is 0 Å². The van der Waals surface area contributed by atoms with Crippen molar-refractivity contribution in [1.29, 1.82) is 0 Å². The highest BCUT2D eigenvalue weighted by Crippen LogP contribution is 2.13. The van der Waals surface area contributed by atoms with Crippen molar-refractivity contribution in [3.8, 4) is 0 Å². The van der Waals surface area contributed by atoms with Crippen LogP contribution < -0.4 is 20.7 Å². The van der Waals surface area contributed by atoms with Crippen LogP contribution in [0.25, 0.3) is 0 Å². The van der Waals surface area contributed by atoms with Gasteiger partial charge in [0.1, 0.15) is 5.56 Å². The van der Waals surface area contributed by atoms with Gasteiger partial charge in [-0.3, -0.25) is 14.6 Å². The van der Waals surface area contributed by atoms with Crippen LogP contribution in [0.15, 0.2) is 29.5 Å². The van der Waals surface area contributed by atoms with E-state index in [1.165, 1.54) is 6.20 Å². The van der Waals surface area contributed by atoms with Gasteiger partial charge in [-0.25, -0.2) is 15.0 Å². The van der Waals surface area contributed by atoms with Crippen molar-refractivity contribution in [3.63, 3.8) is 0 Å². The maximum atomic E-state index is 12.3. The number of nitrogens with zero attached hydrogens (tertiary/aromatic N) is 5. The first-order chi connectivity index (χ1) is 12.6. The smallest absolute Gasteiger partial charge is 0.265 e. The molecule has 1 atom stereocenters. The maximum absolute atomic E-state index is 12.3. The molecular formula is C17H23N7O2. The molecule has 1 saturated heterocycles. The highest BCUT2D eigenvalue weighted by atomic mass is 16.2. The normalized spacial score (nSPS) is 15.6. The topological polar surface area (TPSA) is 107 Å². The summed E-state index contributed by atoms with van der Waals surface area (Å²) in [5, 5.41) is 2.78. The van der Waals surface area contributed by atoms with E-state index in [4.69, 9.17) is 0 Å². The molecule has 0 saturated carbocycles. The Morgan fingerprint density at radius 2 is 1.85 bits per heavy atom. The molecule has 2 aromatic heterocycles. The number of amides is 1. The van der Waals surface area contributed by atoms with Crippen LogP contribution in [0.5, 0.6) is 0 Å². The van der Waals surface area contributed by atoms with E-state index in [9.17, 15) is 9.59 Å². The third-order valence-corrected chi connectivity index (χ3v) is 4.43. The molecular weight excluding hydrogens is 334 g/mol. The average molecular weight is 357 g/mol. The molecule has 1 fully saturated rings. The molecule has 138 valence electrons. The molecule has 26 heavy (non-hydrogen) atoms. The monoisotopic (exact) mass is 357 g/mol. The molecule has 3 rings (SSSR count). The quantitative estimate of drug-likeness (QED) is 0.798. The minimum Gasteiger partial charge on any atom is -0.349 e. The summed E-state index contributed by atoms with van der Waals surface area (Å²) in [5.74, 6) is 0.778. The Balaban J connectivity index is 1.65. The van der Waals surface area contributed by atoms with E-state index in [2.05, 4.69) is 30.2 Å². The molecule has 9 nitrogen and oxygen atoms in total. The van der Waals surface area contributed by atoms with Gasteiger partial charge in [-0.1, -0.05) is 6.92 Å². The maximum Gasteiger partial charge on any atom is 0.265 e. The van der Waals surface area contributed by atoms with E-state index in [-0.39, 0.29) is 11.6 Å². The molecule has 0 radical (unpaired) electrons. The molecule has 0 aromatic carbocycles. The van der Waals surface area contributed by atoms with Crippen molar-refractivity contribution in [3.05, 3.63) is 40.6 Å². The van der Waals surface area contributed by atoms with Gasteiger partial charge < -0.3 is 15.1 Å². The first-order valence-corrected chi connectivity index (χ1v) is 8.75. The molecule has 1 aliphatic rings. The lowest BCUT2D eigenvalue weighted by Gasteiger charge is -2.34. The van der Waals surface area contributed by atoms with Crippen LogP contribution in [0.3, 0.4) is 0 Å². The van der Waals surface area contributed by atoms with E-state index in [0.29, 0.717) is 25.0 Å². The molecule has 0 bridgehead atoms. The lowest BCUT2D eigenvalue weighted by molar-refractivity contribution is 0.0937. The molecule has 2 aromatic rings. The zero-order valence-corrected chi connectivity index (χ0v) is 15.0. The summed E-state index contributed by atoms with van der Waals surface area (Å²) in [4.78, 5) is 44.0. The van der Waals surface area contributed by atoms with Crippen LogP contribution in [0, 0.1) is 0 Å². The number of nitrogens with one attached hydrogen (secondary N) is 2. The number of anilines is 2. The Morgan fingerprint density at radius 1 is 1.19 bits per heavy atom. The summed E-state index contributed by atoms with van der Waals surface area (Å²) in [7, 11) is 0. The number of aromatic amines is 1. The summed E-state index contributed by atoms with van der Waals surface area (Å²) < 4.78 is 0. The summed E-state index contributed by atoms with van der Waals surface area (Å²) in [6.07, 6.45) is 5.58. The van der Waals surface area contributed by atoms with E-state index < -0.39 is 11.5 Å². The Kier molecular flexibility index (Phi) is 5.45.